The zero-order valence-electron chi connectivity index (χ0n) is 16.5. The molecule has 2 fully saturated rings. The number of anilines is 1. The Balaban J connectivity index is 1.54. The molecular weight excluding hydrogens is 450 g/mol. The molecule has 1 aromatic rings. The quantitative estimate of drug-likeness (QED) is 0.524. The van der Waals surface area contributed by atoms with Crippen LogP contribution in [0.3, 0.4) is 0 Å². The number of amides is 1. The van der Waals surface area contributed by atoms with Crippen molar-refractivity contribution in [3.05, 3.63) is 28.2 Å². The second-order valence-electron chi connectivity index (χ2n) is 7.83. The van der Waals surface area contributed by atoms with Crippen molar-refractivity contribution in [1.29, 1.82) is 0 Å². The highest BCUT2D eigenvalue weighted by Gasteiger charge is 2.35. The van der Waals surface area contributed by atoms with Crippen molar-refractivity contribution >= 4 is 56.3 Å². The Morgan fingerprint density at radius 3 is 2.59 bits per heavy atom. The number of carbonyl (C=O) groups excluding carboxylic acids is 1. The molecule has 2 heterocycles. The number of fused-ring (bicyclic) bond motifs is 1. The van der Waals surface area contributed by atoms with Gasteiger partial charge in [0.25, 0.3) is 5.91 Å². The lowest BCUT2D eigenvalue weighted by molar-refractivity contribution is -0.112. The Morgan fingerprint density at radius 1 is 1.10 bits per heavy atom. The fourth-order valence-corrected chi connectivity index (χ4v) is 4.66. The molecule has 2 aliphatic heterocycles. The van der Waals surface area contributed by atoms with Gasteiger partial charge in [0.05, 0.1) is 12.4 Å². The maximum atomic E-state index is 13.2. The molecule has 0 atom stereocenters. The van der Waals surface area contributed by atoms with Gasteiger partial charge in [0.1, 0.15) is 5.71 Å². The number of hydrazone groups is 1. The van der Waals surface area contributed by atoms with E-state index in [0.717, 1.165) is 47.4 Å². The summed E-state index contributed by atoms with van der Waals surface area (Å²) in [5.41, 5.74) is 6.11. The molecule has 1 saturated carbocycles. The molecular formula is C21H26BrN5OS. The number of aliphatic imine (C=N–C) groups is 1. The van der Waals surface area contributed by atoms with Crippen molar-refractivity contribution in [2.75, 3.05) is 24.7 Å². The van der Waals surface area contributed by atoms with E-state index in [1.807, 2.05) is 23.1 Å². The van der Waals surface area contributed by atoms with Gasteiger partial charge in [0, 0.05) is 15.7 Å². The van der Waals surface area contributed by atoms with Crippen molar-refractivity contribution in [3.63, 3.8) is 0 Å². The average molecular weight is 476 g/mol. The zero-order valence-corrected chi connectivity index (χ0v) is 18.9. The van der Waals surface area contributed by atoms with Crippen LogP contribution in [0.4, 0.5) is 5.69 Å². The maximum absolute atomic E-state index is 13.2. The molecule has 0 radical (unpaired) electrons. The number of carbonyl (C=O) groups is 1. The third-order valence-corrected chi connectivity index (χ3v) is 6.37. The third-order valence-electron chi connectivity index (χ3n) is 5.70. The molecule has 1 saturated heterocycles. The molecule has 6 nitrogen and oxygen atoms in total. The summed E-state index contributed by atoms with van der Waals surface area (Å²) in [4.78, 5) is 21.8. The van der Waals surface area contributed by atoms with Crippen molar-refractivity contribution in [2.24, 2.45) is 10.1 Å². The fourth-order valence-electron chi connectivity index (χ4n) is 4.16. The van der Waals surface area contributed by atoms with E-state index >= 15 is 0 Å². The lowest BCUT2D eigenvalue weighted by Gasteiger charge is -2.30. The molecule has 3 aliphatic rings. The van der Waals surface area contributed by atoms with Crippen LogP contribution in [0.5, 0.6) is 0 Å². The Morgan fingerprint density at radius 2 is 1.83 bits per heavy atom. The van der Waals surface area contributed by atoms with Crippen LogP contribution in [0, 0.1) is 0 Å². The third kappa shape index (κ3) is 4.92. The summed E-state index contributed by atoms with van der Waals surface area (Å²) in [7, 11) is 0. The molecule has 4 rings (SSSR count). The van der Waals surface area contributed by atoms with E-state index < -0.39 is 0 Å². The fraction of sp³-hybridized carbons (Fsp3) is 0.524. The minimum absolute atomic E-state index is 0.0989. The van der Waals surface area contributed by atoms with Crippen LogP contribution < -0.4 is 10.3 Å². The van der Waals surface area contributed by atoms with Gasteiger partial charge in [0.15, 0.2) is 0 Å². The Kier molecular flexibility index (Phi) is 6.72. The van der Waals surface area contributed by atoms with Crippen LogP contribution in [-0.2, 0) is 4.79 Å². The first-order valence-corrected chi connectivity index (χ1v) is 11.6. The van der Waals surface area contributed by atoms with Crippen molar-refractivity contribution in [2.45, 2.75) is 51.4 Å². The molecule has 0 bridgehead atoms. The SMILES string of the molecule is O=C1/C(=N\C(=S)NN=C2CCCCC2)c2cc(Br)ccc2N1CN1CCCCC1. The molecule has 0 aromatic heterocycles. The molecule has 0 spiro atoms. The van der Waals surface area contributed by atoms with Gasteiger partial charge in [0.2, 0.25) is 5.11 Å². The summed E-state index contributed by atoms with van der Waals surface area (Å²) in [6, 6.07) is 5.88. The molecule has 8 heteroatoms. The summed E-state index contributed by atoms with van der Waals surface area (Å²) < 4.78 is 0.915. The molecule has 1 N–H and O–H groups in total. The normalized spacial score (nSPS) is 21.4. The molecule has 1 amide bonds. The van der Waals surface area contributed by atoms with E-state index in [4.69, 9.17) is 12.2 Å². The maximum Gasteiger partial charge on any atom is 0.278 e. The van der Waals surface area contributed by atoms with E-state index in [1.54, 1.807) is 0 Å². The van der Waals surface area contributed by atoms with Crippen LogP contribution in [0.1, 0.15) is 56.9 Å². The lowest BCUT2D eigenvalue weighted by Crippen LogP contribution is -2.43. The highest BCUT2D eigenvalue weighted by molar-refractivity contribution is 9.10. The highest BCUT2D eigenvalue weighted by Crippen LogP contribution is 2.32. The zero-order chi connectivity index (χ0) is 20.2. The van der Waals surface area contributed by atoms with Gasteiger partial charge in [-0.3, -0.25) is 20.0 Å². The molecule has 1 aromatic carbocycles. The van der Waals surface area contributed by atoms with E-state index in [1.165, 1.54) is 38.5 Å². The average Bonchev–Trinajstić information content (AvgIpc) is 2.99. The Bertz CT molecular complexity index is 855. The summed E-state index contributed by atoms with van der Waals surface area (Å²) in [6.07, 6.45) is 9.26. The number of hydrogen-bond donors (Lipinski definition) is 1. The van der Waals surface area contributed by atoms with Gasteiger partial charge in [-0.15, -0.1) is 0 Å². The first-order valence-electron chi connectivity index (χ1n) is 10.4. The van der Waals surface area contributed by atoms with Gasteiger partial charge < -0.3 is 0 Å². The van der Waals surface area contributed by atoms with Gasteiger partial charge in [-0.05, 0) is 82.0 Å². The topological polar surface area (TPSA) is 60.3 Å². The van der Waals surface area contributed by atoms with E-state index in [-0.39, 0.29) is 11.0 Å². The standard InChI is InChI=1S/C21H26BrN5OS/c22-15-9-10-18-17(13-15)19(20(28)27(18)14-26-11-5-2-6-12-26)23-21(29)25-24-16-7-3-1-4-8-16/h9-10,13H,1-8,11-12,14H2,(H,25,29)/b23-19-. The van der Waals surface area contributed by atoms with Gasteiger partial charge in [-0.2, -0.15) is 5.10 Å². The smallest absolute Gasteiger partial charge is 0.278 e. The van der Waals surface area contributed by atoms with Crippen LogP contribution in [-0.4, -0.2) is 47.1 Å². The summed E-state index contributed by atoms with van der Waals surface area (Å²) in [5.74, 6) is -0.0989. The van der Waals surface area contributed by atoms with Crippen molar-refractivity contribution in [3.8, 4) is 0 Å². The Labute approximate surface area is 185 Å². The number of nitrogens with one attached hydrogen (secondary N) is 1. The first kappa shape index (κ1) is 20.6. The highest BCUT2D eigenvalue weighted by atomic mass is 79.9. The van der Waals surface area contributed by atoms with Gasteiger partial charge in [-0.25, -0.2) is 4.99 Å². The van der Waals surface area contributed by atoms with Crippen molar-refractivity contribution in [1.82, 2.24) is 10.3 Å². The number of benzene rings is 1. The minimum atomic E-state index is -0.0989. The van der Waals surface area contributed by atoms with Gasteiger partial charge >= 0.3 is 0 Å². The number of likely N-dealkylation sites (tertiary alicyclic amines) is 1. The van der Waals surface area contributed by atoms with E-state index in [2.05, 4.69) is 36.3 Å². The number of hydrogen-bond acceptors (Lipinski definition) is 4. The van der Waals surface area contributed by atoms with Crippen LogP contribution >= 0.6 is 28.1 Å². The predicted octanol–water partition coefficient (Wildman–Crippen LogP) is 4.22. The summed E-state index contributed by atoms with van der Waals surface area (Å²) in [6.45, 7) is 2.65. The van der Waals surface area contributed by atoms with E-state index in [9.17, 15) is 4.79 Å². The van der Waals surface area contributed by atoms with Crippen molar-refractivity contribution < 1.29 is 4.79 Å². The van der Waals surface area contributed by atoms with E-state index in [0.29, 0.717) is 12.4 Å². The minimum Gasteiger partial charge on any atom is -0.293 e. The number of nitrogens with zero attached hydrogens (tertiary/aromatic N) is 4. The number of thiocarbonyl (C=S) groups is 1. The lowest BCUT2D eigenvalue weighted by atomic mass is 9.99. The van der Waals surface area contributed by atoms with Gasteiger partial charge in [-0.1, -0.05) is 28.8 Å². The first-order chi connectivity index (χ1) is 14.1. The van der Waals surface area contributed by atoms with Crippen LogP contribution in [0.25, 0.3) is 0 Å². The largest absolute Gasteiger partial charge is 0.293 e. The number of piperidine rings is 1. The second-order valence-corrected chi connectivity index (χ2v) is 9.13. The molecule has 154 valence electrons. The number of halogens is 1. The second kappa shape index (κ2) is 9.45. The predicted molar refractivity (Wildman–Crippen MR) is 125 cm³/mol. The summed E-state index contributed by atoms with van der Waals surface area (Å²) in [5, 5.41) is 4.65. The number of rotatable bonds is 3. The molecule has 1 aliphatic carbocycles. The summed E-state index contributed by atoms with van der Waals surface area (Å²) >= 11 is 8.89. The van der Waals surface area contributed by atoms with Crippen LogP contribution in [0.2, 0.25) is 0 Å². The Hall–Kier alpha value is -1.64. The van der Waals surface area contributed by atoms with Crippen LogP contribution in [0.15, 0.2) is 32.8 Å². The monoisotopic (exact) mass is 475 g/mol. The molecule has 29 heavy (non-hydrogen) atoms. The molecule has 0 unspecified atom stereocenters.